The zero-order chi connectivity index (χ0) is 14.2. The van der Waals surface area contributed by atoms with Crippen molar-refractivity contribution in [3.8, 4) is 10.4 Å². The molecule has 0 aromatic carbocycles. The van der Waals surface area contributed by atoms with Gasteiger partial charge < -0.3 is 9.80 Å². The molecular formula is C16H18N2OS2. The van der Waals surface area contributed by atoms with Crippen LogP contribution in [0.5, 0.6) is 0 Å². The van der Waals surface area contributed by atoms with Crippen molar-refractivity contribution in [3.05, 3.63) is 33.8 Å². The van der Waals surface area contributed by atoms with Gasteiger partial charge in [0.2, 0.25) is 0 Å². The largest absolute Gasteiger partial charge is 0.334 e. The van der Waals surface area contributed by atoms with Crippen LogP contribution in [0.25, 0.3) is 10.4 Å². The van der Waals surface area contributed by atoms with Crippen LogP contribution in [0, 0.1) is 0 Å². The summed E-state index contributed by atoms with van der Waals surface area (Å²) in [6, 6.07) is 6.64. The predicted molar refractivity (Wildman–Crippen MR) is 88.1 cm³/mol. The third kappa shape index (κ3) is 2.54. The molecule has 3 fully saturated rings. The van der Waals surface area contributed by atoms with E-state index in [1.807, 2.05) is 6.07 Å². The van der Waals surface area contributed by atoms with Crippen molar-refractivity contribution < 1.29 is 4.79 Å². The lowest BCUT2D eigenvalue weighted by Gasteiger charge is -2.31. The summed E-state index contributed by atoms with van der Waals surface area (Å²) in [4.78, 5) is 19.5. The molecule has 5 rings (SSSR count). The van der Waals surface area contributed by atoms with E-state index in [9.17, 15) is 4.79 Å². The first-order valence-electron chi connectivity index (χ1n) is 7.47. The van der Waals surface area contributed by atoms with Crippen LogP contribution < -0.4 is 0 Å². The summed E-state index contributed by atoms with van der Waals surface area (Å²) in [5, 5.41) is 4.22. The number of piperidine rings is 1. The highest BCUT2D eigenvalue weighted by Gasteiger charge is 2.32. The fourth-order valence-corrected chi connectivity index (χ4v) is 5.00. The second-order valence-corrected chi connectivity index (χ2v) is 7.61. The highest BCUT2D eigenvalue weighted by Crippen LogP contribution is 2.31. The normalized spacial score (nSPS) is 25.0. The number of rotatable bonds is 2. The maximum Gasteiger partial charge on any atom is 0.264 e. The first-order chi connectivity index (χ1) is 10.3. The first-order valence-corrected chi connectivity index (χ1v) is 9.23. The Labute approximate surface area is 132 Å². The van der Waals surface area contributed by atoms with Gasteiger partial charge in [0, 0.05) is 42.7 Å². The molecule has 2 aromatic heterocycles. The number of carbonyl (C=O) groups excluding carboxylic acids is 1. The minimum atomic E-state index is 0.232. The van der Waals surface area contributed by atoms with Crippen molar-refractivity contribution in [2.75, 3.05) is 26.2 Å². The van der Waals surface area contributed by atoms with E-state index in [-0.39, 0.29) is 5.91 Å². The molecule has 0 N–H and O–H groups in total. The predicted octanol–water partition coefficient (Wildman–Crippen LogP) is 3.40. The summed E-state index contributed by atoms with van der Waals surface area (Å²) < 4.78 is 0. The summed E-state index contributed by atoms with van der Waals surface area (Å²) in [5.41, 5.74) is 1.23. The fourth-order valence-electron chi connectivity index (χ4n) is 3.31. The molecule has 0 unspecified atom stereocenters. The highest BCUT2D eigenvalue weighted by molar-refractivity contribution is 7.17. The zero-order valence-corrected chi connectivity index (χ0v) is 13.5. The average Bonchev–Trinajstić information content (AvgIpc) is 3.12. The molecule has 0 aliphatic carbocycles. The van der Waals surface area contributed by atoms with Crippen LogP contribution in [0.3, 0.4) is 0 Å². The Morgan fingerprint density at radius 1 is 1.10 bits per heavy atom. The summed E-state index contributed by atoms with van der Waals surface area (Å²) >= 11 is 3.33. The number of carbonyl (C=O) groups is 1. The van der Waals surface area contributed by atoms with Gasteiger partial charge in [-0.05, 0) is 41.8 Å². The molecule has 5 heteroatoms. The Balaban J connectivity index is 1.57. The lowest BCUT2D eigenvalue weighted by molar-refractivity contribution is 0.0690. The number of hydrogen-bond acceptors (Lipinski definition) is 4. The van der Waals surface area contributed by atoms with Crippen LogP contribution in [0.1, 0.15) is 22.5 Å². The number of hydrogen-bond donors (Lipinski definition) is 0. The summed E-state index contributed by atoms with van der Waals surface area (Å²) in [5.74, 6) is 0.232. The van der Waals surface area contributed by atoms with E-state index >= 15 is 0 Å². The monoisotopic (exact) mass is 318 g/mol. The quantitative estimate of drug-likeness (QED) is 0.847. The fraction of sp³-hybridized carbons (Fsp3) is 0.438. The van der Waals surface area contributed by atoms with Gasteiger partial charge in [-0.2, -0.15) is 11.3 Å². The van der Waals surface area contributed by atoms with Gasteiger partial charge >= 0.3 is 0 Å². The van der Waals surface area contributed by atoms with E-state index in [4.69, 9.17) is 0 Å². The van der Waals surface area contributed by atoms with Crippen molar-refractivity contribution in [2.45, 2.75) is 18.9 Å². The minimum Gasteiger partial charge on any atom is -0.334 e. The second kappa shape index (κ2) is 5.55. The topological polar surface area (TPSA) is 23.6 Å². The van der Waals surface area contributed by atoms with Gasteiger partial charge in [-0.3, -0.25) is 4.79 Å². The molecule has 3 aliphatic heterocycles. The second-order valence-electron chi connectivity index (χ2n) is 5.75. The highest BCUT2D eigenvalue weighted by atomic mass is 32.1. The van der Waals surface area contributed by atoms with E-state index in [2.05, 4.69) is 32.7 Å². The Kier molecular flexibility index (Phi) is 3.57. The third-order valence-electron chi connectivity index (χ3n) is 4.54. The van der Waals surface area contributed by atoms with Crippen LogP contribution in [0.4, 0.5) is 0 Å². The van der Waals surface area contributed by atoms with E-state index < -0.39 is 0 Å². The van der Waals surface area contributed by atoms with Crippen LogP contribution in [-0.4, -0.2) is 47.9 Å². The molecule has 3 saturated heterocycles. The molecule has 0 atom stereocenters. The smallest absolute Gasteiger partial charge is 0.264 e. The maximum absolute atomic E-state index is 12.8. The maximum atomic E-state index is 12.8. The van der Waals surface area contributed by atoms with Gasteiger partial charge in [0.15, 0.2) is 0 Å². The van der Waals surface area contributed by atoms with Crippen LogP contribution >= 0.6 is 22.7 Å². The molecule has 2 bridgehead atoms. The summed E-state index contributed by atoms with van der Waals surface area (Å²) in [6.45, 7) is 4.22. The average molecular weight is 318 g/mol. The molecule has 3 aliphatic rings. The van der Waals surface area contributed by atoms with Crippen molar-refractivity contribution >= 4 is 28.6 Å². The minimum absolute atomic E-state index is 0.232. The molecule has 0 radical (unpaired) electrons. The lowest BCUT2D eigenvalue weighted by atomic mass is 10.1. The van der Waals surface area contributed by atoms with Crippen LogP contribution in [-0.2, 0) is 0 Å². The Morgan fingerprint density at radius 2 is 1.95 bits per heavy atom. The van der Waals surface area contributed by atoms with Crippen molar-refractivity contribution in [1.82, 2.24) is 9.80 Å². The molecule has 110 valence electrons. The molecule has 5 heterocycles. The van der Waals surface area contributed by atoms with E-state index in [0.29, 0.717) is 6.04 Å². The zero-order valence-electron chi connectivity index (χ0n) is 11.8. The molecule has 0 spiro atoms. The van der Waals surface area contributed by atoms with Crippen LogP contribution in [0.15, 0.2) is 29.0 Å². The van der Waals surface area contributed by atoms with Crippen LogP contribution in [0.2, 0.25) is 0 Å². The molecule has 0 saturated carbocycles. The van der Waals surface area contributed by atoms with Gasteiger partial charge in [-0.1, -0.05) is 0 Å². The summed E-state index contributed by atoms with van der Waals surface area (Å²) in [6.07, 6.45) is 2.27. The lowest BCUT2D eigenvalue weighted by Crippen LogP contribution is -2.41. The van der Waals surface area contributed by atoms with Gasteiger partial charge in [-0.25, -0.2) is 0 Å². The van der Waals surface area contributed by atoms with Crippen molar-refractivity contribution in [3.63, 3.8) is 0 Å². The van der Waals surface area contributed by atoms with E-state index in [0.717, 1.165) is 43.9 Å². The van der Waals surface area contributed by atoms with Gasteiger partial charge in [0.1, 0.15) is 0 Å². The Morgan fingerprint density at radius 3 is 2.71 bits per heavy atom. The molecule has 2 aromatic rings. The molecular weight excluding hydrogens is 300 g/mol. The SMILES string of the molecule is O=C(c1ccc(-c2ccsc2)s1)N1CCN2CCC1CC2. The number of fused-ring (bicyclic) bond motifs is 4. The molecule has 21 heavy (non-hydrogen) atoms. The summed E-state index contributed by atoms with van der Waals surface area (Å²) in [7, 11) is 0. The third-order valence-corrected chi connectivity index (χ3v) is 6.34. The molecule has 3 nitrogen and oxygen atoms in total. The van der Waals surface area contributed by atoms with Crippen molar-refractivity contribution in [2.24, 2.45) is 0 Å². The Bertz CT molecular complexity index is 627. The van der Waals surface area contributed by atoms with Crippen molar-refractivity contribution in [1.29, 1.82) is 0 Å². The number of thiophene rings is 2. The van der Waals surface area contributed by atoms with Gasteiger partial charge in [0.05, 0.1) is 4.88 Å². The van der Waals surface area contributed by atoms with E-state index in [1.165, 1.54) is 10.4 Å². The van der Waals surface area contributed by atoms with E-state index in [1.54, 1.807) is 22.7 Å². The number of amides is 1. The standard InChI is InChI=1S/C16H18N2OS2/c19-16(18-9-8-17-6-3-13(18)4-7-17)15-2-1-14(21-15)12-5-10-20-11-12/h1-2,5,10-11,13H,3-4,6-9H2. The first kappa shape index (κ1) is 13.5. The number of nitrogens with zero attached hydrogens (tertiary/aromatic N) is 2. The van der Waals surface area contributed by atoms with Gasteiger partial charge in [-0.15, -0.1) is 11.3 Å². The molecule has 1 amide bonds. The Hall–Kier alpha value is -1.17. The van der Waals surface area contributed by atoms with Gasteiger partial charge in [0.25, 0.3) is 5.91 Å².